The molecule has 7 nitrogen and oxygen atoms in total. The molecule has 7 heteroatoms. The zero-order chi connectivity index (χ0) is 28.6. The minimum absolute atomic E-state index is 0.0143. The van der Waals surface area contributed by atoms with E-state index in [1.807, 2.05) is 11.9 Å². The van der Waals surface area contributed by atoms with Gasteiger partial charge in [0.15, 0.2) is 5.60 Å². The molecule has 8 atom stereocenters. The van der Waals surface area contributed by atoms with Crippen molar-refractivity contribution in [1.29, 1.82) is 0 Å². The molecule has 5 saturated carbocycles. The van der Waals surface area contributed by atoms with Gasteiger partial charge >= 0.3 is 6.03 Å². The topological polar surface area (TPSA) is 82.2 Å². The van der Waals surface area contributed by atoms with E-state index in [-0.39, 0.29) is 36.0 Å². The van der Waals surface area contributed by atoms with Gasteiger partial charge in [0.1, 0.15) is 0 Å². The highest BCUT2D eigenvalue weighted by molar-refractivity contribution is 6.02. The molecule has 5 aliphatic carbocycles. The predicted molar refractivity (Wildman–Crippen MR) is 157 cm³/mol. The number of urea groups is 1. The van der Waals surface area contributed by atoms with Gasteiger partial charge < -0.3 is 15.0 Å². The first kappa shape index (κ1) is 28.2. The number of fused-ring (bicyclic) bond motifs is 5. The quantitative estimate of drug-likeness (QED) is 0.421. The van der Waals surface area contributed by atoms with Crippen LogP contribution >= 0.6 is 0 Å². The summed E-state index contributed by atoms with van der Waals surface area (Å²) in [5.74, 6) is 0.924. The van der Waals surface area contributed by atoms with E-state index in [4.69, 9.17) is 4.74 Å². The lowest BCUT2D eigenvalue weighted by Crippen LogP contribution is -2.73. The highest BCUT2D eigenvalue weighted by Gasteiger charge is 2.76. The van der Waals surface area contributed by atoms with E-state index in [2.05, 4.69) is 19.2 Å². The van der Waals surface area contributed by atoms with Crippen molar-refractivity contribution < 1.29 is 19.1 Å². The molecular formula is C34H53N3O4. The minimum atomic E-state index is -1.10. The van der Waals surface area contributed by atoms with Gasteiger partial charge in [-0.05, 0) is 87.4 Å². The Morgan fingerprint density at radius 1 is 0.854 bits per heavy atom. The second kappa shape index (κ2) is 10.2. The smallest absolute Gasteiger partial charge is 0.324 e. The largest absolute Gasteiger partial charge is 0.358 e. The van der Waals surface area contributed by atoms with Gasteiger partial charge in [0.25, 0.3) is 5.91 Å². The average Bonchev–Trinajstić information content (AvgIpc) is 3.64. The molecule has 0 aromatic rings. The van der Waals surface area contributed by atoms with Crippen LogP contribution in [0.4, 0.5) is 4.79 Å². The molecular weight excluding hydrogens is 514 g/mol. The van der Waals surface area contributed by atoms with Crippen LogP contribution < -0.4 is 5.32 Å². The number of piperidine rings is 1. The molecule has 4 amide bonds. The molecule has 0 aromatic heterocycles. The molecule has 7 fully saturated rings. The number of amides is 4. The highest BCUT2D eigenvalue weighted by atomic mass is 16.6. The molecule has 2 aliphatic heterocycles. The van der Waals surface area contributed by atoms with Crippen molar-refractivity contribution in [2.24, 2.45) is 34.5 Å². The monoisotopic (exact) mass is 567 g/mol. The maximum absolute atomic E-state index is 15.2. The van der Waals surface area contributed by atoms with Crippen molar-refractivity contribution in [3.05, 3.63) is 0 Å². The van der Waals surface area contributed by atoms with Gasteiger partial charge in [0, 0.05) is 30.6 Å². The van der Waals surface area contributed by atoms with Crippen LogP contribution in [0, 0.1) is 34.5 Å². The SMILES string of the molecule is CN1C(=O)C2(CO2)C(C(=O)N(C(=O)NC2CCCCC2)C2CCCCC2)[C@]2(C)[C@H]3CC[C@]4(C)CCC[C@H]4[C@@H]3CC[C@@H]12. The van der Waals surface area contributed by atoms with Gasteiger partial charge in [-0.15, -0.1) is 0 Å². The van der Waals surface area contributed by atoms with Gasteiger partial charge in [-0.2, -0.15) is 0 Å². The van der Waals surface area contributed by atoms with Crippen molar-refractivity contribution in [1.82, 2.24) is 15.1 Å². The number of likely N-dealkylation sites (N-methyl/N-ethyl adjacent to an activating group) is 1. The Bertz CT molecular complexity index is 1060. The average molecular weight is 568 g/mol. The lowest BCUT2D eigenvalue weighted by Gasteiger charge is -2.64. The Morgan fingerprint density at radius 2 is 1.54 bits per heavy atom. The highest BCUT2D eigenvalue weighted by Crippen LogP contribution is 2.68. The van der Waals surface area contributed by atoms with Crippen LogP contribution in [0.2, 0.25) is 0 Å². The molecule has 7 aliphatic rings. The maximum atomic E-state index is 15.2. The van der Waals surface area contributed by atoms with Gasteiger partial charge in [0.05, 0.1) is 12.5 Å². The van der Waals surface area contributed by atoms with Crippen molar-refractivity contribution in [2.75, 3.05) is 13.7 Å². The summed E-state index contributed by atoms with van der Waals surface area (Å²) < 4.78 is 6.15. The summed E-state index contributed by atoms with van der Waals surface area (Å²) in [6.07, 6.45) is 18.8. The normalized spacial score (nSPS) is 44.6. The molecule has 2 saturated heterocycles. The van der Waals surface area contributed by atoms with Crippen molar-refractivity contribution >= 4 is 17.8 Å². The van der Waals surface area contributed by atoms with Crippen LogP contribution in [0.15, 0.2) is 0 Å². The van der Waals surface area contributed by atoms with Crippen LogP contribution in [0.25, 0.3) is 0 Å². The predicted octanol–water partition coefficient (Wildman–Crippen LogP) is 6.05. The molecule has 1 N–H and O–H groups in total. The van der Waals surface area contributed by atoms with Gasteiger partial charge in [0.2, 0.25) is 5.91 Å². The van der Waals surface area contributed by atoms with Crippen molar-refractivity contribution in [3.8, 4) is 0 Å². The summed E-state index contributed by atoms with van der Waals surface area (Å²) in [7, 11) is 1.95. The Balaban J connectivity index is 1.27. The zero-order valence-corrected chi connectivity index (χ0v) is 25.8. The lowest BCUT2D eigenvalue weighted by atomic mass is 9.44. The van der Waals surface area contributed by atoms with Crippen LogP contribution in [0.5, 0.6) is 0 Å². The van der Waals surface area contributed by atoms with E-state index in [0.29, 0.717) is 29.8 Å². The van der Waals surface area contributed by atoms with E-state index in [9.17, 15) is 9.59 Å². The summed E-state index contributed by atoms with van der Waals surface area (Å²) in [4.78, 5) is 47.0. The van der Waals surface area contributed by atoms with Gasteiger partial charge in [-0.1, -0.05) is 58.8 Å². The molecule has 1 spiro atoms. The number of carbonyl (C=O) groups is 3. The first-order chi connectivity index (χ1) is 19.7. The standard InChI is InChI=1S/C34H53N3O4/c1-32-19-10-15-25(32)24-16-17-27-33(2,26(24)18-20-32)28(34(21-41-34)30(39)36(27)3)29(38)37(23-13-8-5-9-14-23)31(40)35-22-11-6-4-7-12-22/h22-28H,4-21H2,1-3H3,(H,35,40)/t24-,25-,26-,27+,28?,32-,33+,34?/m0/s1. The van der Waals surface area contributed by atoms with Crippen molar-refractivity contribution in [3.63, 3.8) is 0 Å². The number of hydrogen-bond acceptors (Lipinski definition) is 4. The third-order valence-electron chi connectivity index (χ3n) is 13.8. The summed E-state index contributed by atoms with van der Waals surface area (Å²) >= 11 is 0. The third kappa shape index (κ3) is 4.24. The summed E-state index contributed by atoms with van der Waals surface area (Å²) in [5.41, 5.74) is -1.09. The number of imide groups is 1. The van der Waals surface area contributed by atoms with Crippen LogP contribution in [-0.4, -0.2) is 65.0 Å². The summed E-state index contributed by atoms with van der Waals surface area (Å²) in [6.45, 7) is 5.15. The molecule has 0 aromatic carbocycles. The van der Waals surface area contributed by atoms with E-state index in [1.165, 1.54) is 32.1 Å². The van der Waals surface area contributed by atoms with Gasteiger partial charge in [-0.3, -0.25) is 14.5 Å². The second-order valence-electron chi connectivity index (χ2n) is 15.7. The maximum Gasteiger partial charge on any atom is 0.324 e. The minimum Gasteiger partial charge on any atom is -0.358 e. The summed E-state index contributed by atoms with van der Waals surface area (Å²) in [6, 6.07) is -0.145. The Hall–Kier alpha value is -1.63. The molecule has 228 valence electrons. The van der Waals surface area contributed by atoms with E-state index >= 15 is 4.79 Å². The first-order valence-corrected chi connectivity index (χ1v) is 17.3. The number of ether oxygens (including phenoxy) is 1. The van der Waals surface area contributed by atoms with Crippen LogP contribution in [0.3, 0.4) is 0 Å². The number of hydrogen-bond donors (Lipinski definition) is 1. The molecule has 2 heterocycles. The van der Waals surface area contributed by atoms with E-state index in [0.717, 1.165) is 77.0 Å². The Morgan fingerprint density at radius 3 is 2.22 bits per heavy atom. The number of rotatable bonds is 3. The Labute approximate surface area is 246 Å². The van der Waals surface area contributed by atoms with E-state index in [1.54, 1.807) is 4.90 Å². The molecule has 41 heavy (non-hydrogen) atoms. The van der Waals surface area contributed by atoms with E-state index < -0.39 is 16.9 Å². The summed E-state index contributed by atoms with van der Waals surface area (Å²) in [5, 5.41) is 3.31. The second-order valence-corrected chi connectivity index (χ2v) is 15.7. The number of carbonyl (C=O) groups excluding carboxylic acids is 3. The lowest BCUT2D eigenvalue weighted by molar-refractivity contribution is -0.193. The third-order valence-corrected chi connectivity index (χ3v) is 13.8. The fraction of sp³-hybridized carbons (Fsp3) is 0.912. The van der Waals surface area contributed by atoms with Gasteiger partial charge in [-0.25, -0.2) is 4.79 Å². The van der Waals surface area contributed by atoms with Crippen LogP contribution in [-0.2, 0) is 14.3 Å². The number of nitrogens with one attached hydrogen (secondary N) is 1. The molecule has 2 unspecified atom stereocenters. The number of likely N-dealkylation sites (tertiary alicyclic amines) is 1. The van der Waals surface area contributed by atoms with Crippen LogP contribution in [0.1, 0.15) is 123 Å². The first-order valence-electron chi connectivity index (χ1n) is 17.3. The molecule has 0 bridgehead atoms. The fourth-order valence-electron chi connectivity index (χ4n) is 11.7. The zero-order valence-electron chi connectivity index (χ0n) is 25.8. The molecule has 7 rings (SSSR count). The fourth-order valence-corrected chi connectivity index (χ4v) is 11.7. The number of nitrogens with zero attached hydrogens (tertiary/aromatic N) is 2. The van der Waals surface area contributed by atoms with Crippen molar-refractivity contribution in [2.45, 2.75) is 147 Å². The Kier molecular flexibility index (Phi) is 7.03. The molecule has 0 radical (unpaired) electrons. The number of epoxide rings is 1.